The van der Waals surface area contributed by atoms with Crippen LogP contribution in [-0.2, 0) is 25.8 Å². The van der Waals surface area contributed by atoms with Crippen molar-refractivity contribution in [3.05, 3.63) is 28.8 Å². The molecule has 0 N–H and O–H groups in total. The predicted molar refractivity (Wildman–Crippen MR) is 77.1 cm³/mol. The summed E-state index contributed by atoms with van der Waals surface area (Å²) >= 11 is 0. The molecule has 0 heterocycles. The largest absolute Gasteiger partial charge is 0.454 e. The first-order valence-corrected chi connectivity index (χ1v) is 9.00. The summed E-state index contributed by atoms with van der Waals surface area (Å²) in [6.07, 6.45) is -8.86. The zero-order chi connectivity index (χ0) is 18.2. The normalized spacial score (nSPS) is 21.6. The van der Waals surface area contributed by atoms with Crippen molar-refractivity contribution in [3.63, 3.8) is 0 Å². The van der Waals surface area contributed by atoms with Gasteiger partial charge in [-0.15, -0.1) is 0 Å². The quantitative estimate of drug-likeness (QED) is 0.591. The van der Waals surface area contributed by atoms with Crippen molar-refractivity contribution in [1.82, 2.24) is 0 Å². The van der Waals surface area contributed by atoms with Gasteiger partial charge in [0.05, 0.1) is 4.90 Å². The third-order valence-electron chi connectivity index (χ3n) is 3.78. The van der Waals surface area contributed by atoms with Gasteiger partial charge in [-0.1, -0.05) is 6.07 Å². The highest BCUT2D eigenvalue weighted by Crippen LogP contribution is 2.44. The molecule has 4 nitrogen and oxygen atoms in total. The van der Waals surface area contributed by atoms with Crippen molar-refractivity contribution in [2.24, 2.45) is 0 Å². The second-order valence-corrected chi connectivity index (χ2v) is 7.65. The number of alkyl halides is 4. The molecule has 9 heteroatoms. The molecule has 0 saturated carbocycles. The number of sulfone groups is 1. The van der Waals surface area contributed by atoms with Gasteiger partial charge in [-0.25, -0.2) is 26.0 Å². The van der Waals surface area contributed by atoms with Gasteiger partial charge < -0.3 is 4.74 Å². The summed E-state index contributed by atoms with van der Waals surface area (Å²) in [5.41, 5.74) is -0.380. The maximum absolute atomic E-state index is 14.3. The van der Waals surface area contributed by atoms with E-state index in [0.29, 0.717) is 0 Å². The summed E-state index contributed by atoms with van der Waals surface area (Å²) in [5.74, 6) is -0.829. The smallest absolute Gasteiger partial charge is 0.303 e. The zero-order valence-corrected chi connectivity index (χ0v) is 13.7. The average Bonchev–Trinajstić information content (AvgIpc) is 2.72. The van der Waals surface area contributed by atoms with Crippen LogP contribution in [0.25, 0.3) is 0 Å². The topological polar surface area (TPSA) is 60.4 Å². The number of esters is 1. The molecule has 1 aliphatic rings. The highest BCUT2D eigenvalue weighted by molar-refractivity contribution is 7.90. The van der Waals surface area contributed by atoms with Crippen molar-refractivity contribution in [2.75, 3.05) is 6.26 Å². The summed E-state index contributed by atoms with van der Waals surface area (Å²) in [6.45, 7) is 1.03. The van der Waals surface area contributed by atoms with E-state index in [1.807, 2.05) is 0 Å². The molecule has 0 aromatic heterocycles. The lowest BCUT2D eigenvalue weighted by Gasteiger charge is -2.19. The first kappa shape index (κ1) is 18.7. The van der Waals surface area contributed by atoms with Gasteiger partial charge >= 0.3 is 5.97 Å². The van der Waals surface area contributed by atoms with Crippen molar-refractivity contribution in [1.29, 1.82) is 0 Å². The fraction of sp³-hybridized carbons (Fsp3) is 0.533. The van der Waals surface area contributed by atoms with Crippen LogP contribution in [0.4, 0.5) is 17.6 Å². The SMILES string of the molecule is CC(=O)O[C@H]1c2c(S(C)(=O)=O)ccc([C@H](F)CC(F)F)c2C[C@H]1F. The summed E-state index contributed by atoms with van der Waals surface area (Å²) < 4.78 is 82.0. The zero-order valence-electron chi connectivity index (χ0n) is 12.9. The molecule has 0 aliphatic heterocycles. The molecule has 0 saturated heterocycles. The van der Waals surface area contributed by atoms with E-state index in [1.54, 1.807) is 0 Å². The standard InChI is InChI=1S/C15H16F4O4S/c1-7(20)23-15-11(17)5-9-8(10(16)6-13(18)19)3-4-12(14(9)15)24(2,21)22/h3-4,10-11,13,15H,5-6H2,1-2H3/t10-,11-,15-/m1/s1. The van der Waals surface area contributed by atoms with Crippen LogP contribution >= 0.6 is 0 Å². The molecule has 3 atom stereocenters. The fourth-order valence-corrected chi connectivity index (χ4v) is 3.85. The van der Waals surface area contributed by atoms with Crippen molar-refractivity contribution < 1.29 is 35.5 Å². The molecule has 0 amide bonds. The van der Waals surface area contributed by atoms with E-state index in [9.17, 15) is 30.8 Å². The van der Waals surface area contributed by atoms with Gasteiger partial charge in [-0.2, -0.15) is 0 Å². The Labute approximate surface area is 136 Å². The minimum atomic E-state index is -3.81. The van der Waals surface area contributed by atoms with Gasteiger partial charge in [0.2, 0.25) is 6.43 Å². The van der Waals surface area contributed by atoms with E-state index in [0.717, 1.165) is 25.3 Å². The molecule has 2 rings (SSSR count). The van der Waals surface area contributed by atoms with Crippen molar-refractivity contribution in [2.45, 2.75) is 49.5 Å². The van der Waals surface area contributed by atoms with E-state index in [2.05, 4.69) is 0 Å². The van der Waals surface area contributed by atoms with E-state index in [4.69, 9.17) is 4.74 Å². The van der Waals surface area contributed by atoms with Crippen LogP contribution < -0.4 is 0 Å². The van der Waals surface area contributed by atoms with Gasteiger partial charge in [0.15, 0.2) is 15.9 Å². The maximum atomic E-state index is 14.3. The second-order valence-electron chi connectivity index (χ2n) is 5.66. The Bertz CT molecular complexity index is 748. The molecular weight excluding hydrogens is 352 g/mol. The first-order valence-electron chi connectivity index (χ1n) is 7.11. The van der Waals surface area contributed by atoms with Crippen LogP contribution in [0.5, 0.6) is 0 Å². The third-order valence-corrected chi connectivity index (χ3v) is 4.94. The lowest BCUT2D eigenvalue weighted by atomic mass is 9.97. The van der Waals surface area contributed by atoms with E-state index < -0.39 is 53.5 Å². The van der Waals surface area contributed by atoms with Gasteiger partial charge in [0, 0.05) is 31.6 Å². The molecule has 1 aromatic rings. The van der Waals surface area contributed by atoms with E-state index in [1.165, 1.54) is 0 Å². The number of ether oxygens (including phenoxy) is 1. The number of carbonyl (C=O) groups excluding carboxylic acids is 1. The highest BCUT2D eigenvalue weighted by atomic mass is 32.2. The van der Waals surface area contributed by atoms with Gasteiger partial charge in [0.25, 0.3) is 0 Å². The minimum absolute atomic E-state index is 0.0233. The Morgan fingerprint density at radius 2 is 1.96 bits per heavy atom. The third kappa shape index (κ3) is 3.71. The summed E-state index contributed by atoms with van der Waals surface area (Å²) in [5, 5.41) is 0. The van der Waals surface area contributed by atoms with E-state index >= 15 is 0 Å². The monoisotopic (exact) mass is 368 g/mol. The predicted octanol–water partition coefficient (Wildman–Crippen LogP) is 3.25. The van der Waals surface area contributed by atoms with Gasteiger partial charge in [0.1, 0.15) is 12.3 Å². The van der Waals surface area contributed by atoms with Crippen LogP contribution in [0.2, 0.25) is 0 Å². The molecule has 0 fully saturated rings. The molecular formula is C15H16F4O4S. The van der Waals surface area contributed by atoms with Crippen LogP contribution in [0, 0.1) is 0 Å². The Morgan fingerprint density at radius 3 is 2.46 bits per heavy atom. The number of hydrogen-bond acceptors (Lipinski definition) is 4. The maximum Gasteiger partial charge on any atom is 0.303 e. The van der Waals surface area contributed by atoms with E-state index in [-0.39, 0.29) is 21.6 Å². The number of fused-ring (bicyclic) bond motifs is 1. The summed E-state index contributed by atoms with van der Waals surface area (Å²) in [7, 11) is -3.81. The Morgan fingerprint density at radius 1 is 1.33 bits per heavy atom. The molecule has 0 unspecified atom stereocenters. The number of rotatable bonds is 5. The van der Waals surface area contributed by atoms with Crippen LogP contribution in [0.3, 0.4) is 0 Å². The molecule has 0 radical (unpaired) electrons. The highest BCUT2D eigenvalue weighted by Gasteiger charge is 2.41. The van der Waals surface area contributed by atoms with Gasteiger partial charge in [-0.05, 0) is 17.2 Å². The lowest BCUT2D eigenvalue weighted by molar-refractivity contribution is -0.149. The number of halogens is 4. The number of carbonyl (C=O) groups is 1. The Kier molecular flexibility index (Phi) is 5.22. The molecule has 0 spiro atoms. The number of benzene rings is 1. The summed E-state index contributed by atoms with van der Waals surface area (Å²) in [6, 6.07) is 2.11. The van der Waals surface area contributed by atoms with Gasteiger partial charge in [-0.3, -0.25) is 4.79 Å². The minimum Gasteiger partial charge on any atom is -0.454 e. The molecule has 0 bridgehead atoms. The van der Waals surface area contributed by atoms with Crippen molar-refractivity contribution >= 4 is 15.8 Å². The first-order chi connectivity index (χ1) is 11.0. The fourth-order valence-electron chi connectivity index (χ4n) is 2.89. The average molecular weight is 368 g/mol. The molecule has 24 heavy (non-hydrogen) atoms. The molecule has 1 aromatic carbocycles. The molecule has 134 valence electrons. The second kappa shape index (κ2) is 6.70. The number of hydrogen-bond donors (Lipinski definition) is 0. The molecule has 1 aliphatic carbocycles. The van der Waals surface area contributed by atoms with Crippen LogP contribution in [0.15, 0.2) is 17.0 Å². The summed E-state index contributed by atoms with van der Waals surface area (Å²) in [4.78, 5) is 10.9. The Hall–Kier alpha value is -1.64. The lowest BCUT2D eigenvalue weighted by Crippen LogP contribution is -2.17. The van der Waals surface area contributed by atoms with Crippen LogP contribution in [0.1, 0.15) is 42.3 Å². The van der Waals surface area contributed by atoms with Crippen molar-refractivity contribution in [3.8, 4) is 0 Å². The Balaban J connectivity index is 2.63. The van der Waals surface area contributed by atoms with Crippen LogP contribution in [-0.4, -0.2) is 33.2 Å².